The highest BCUT2D eigenvalue weighted by Crippen LogP contribution is 2.22. The maximum absolute atomic E-state index is 12.4. The van der Waals surface area contributed by atoms with Gasteiger partial charge < -0.3 is 9.42 Å². The molecule has 19 heavy (non-hydrogen) atoms. The van der Waals surface area contributed by atoms with Crippen LogP contribution in [0.4, 0.5) is 0 Å². The smallest absolute Gasteiger partial charge is 0.255 e. The van der Waals surface area contributed by atoms with E-state index >= 15 is 0 Å². The summed E-state index contributed by atoms with van der Waals surface area (Å²) in [6.07, 6.45) is 0. The summed E-state index contributed by atoms with van der Waals surface area (Å²) in [7, 11) is 1.75. The van der Waals surface area contributed by atoms with Gasteiger partial charge in [0.1, 0.15) is 11.5 Å². The normalized spacial score (nSPS) is 10.5. The van der Waals surface area contributed by atoms with Gasteiger partial charge in [0.25, 0.3) is 5.91 Å². The lowest BCUT2D eigenvalue weighted by molar-refractivity contribution is 0.0781. The summed E-state index contributed by atoms with van der Waals surface area (Å²) in [6.45, 7) is 4.22. The average molecular weight is 323 g/mol. The number of benzene rings is 1. The lowest BCUT2D eigenvalue weighted by atomic mass is 10.1. The zero-order valence-corrected chi connectivity index (χ0v) is 12.7. The van der Waals surface area contributed by atoms with Gasteiger partial charge in [0.05, 0.1) is 12.1 Å². The van der Waals surface area contributed by atoms with E-state index < -0.39 is 0 Å². The molecule has 0 saturated carbocycles. The zero-order valence-electron chi connectivity index (χ0n) is 11.1. The van der Waals surface area contributed by atoms with Crippen LogP contribution in [0, 0.1) is 13.8 Å². The summed E-state index contributed by atoms with van der Waals surface area (Å²) in [5, 5.41) is 3.89. The largest absolute Gasteiger partial charge is 0.361 e. The quantitative estimate of drug-likeness (QED) is 0.870. The molecule has 0 fully saturated rings. The molecular weight excluding hydrogens is 308 g/mol. The van der Waals surface area contributed by atoms with E-state index in [4.69, 9.17) is 4.52 Å². The standard InChI is InChI=1S/C14H15BrN2O2/c1-9-5-4-6-12(13(9)15)14(18)17(3)8-11-7-10(2)19-16-11/h4-7H,8H2,1-3H3. The van der Waals surface area contributed by atoms with Crippen LogP contribution >= 0.6 is 15.9 Å². The van der Waals surface area contributed by atoms with E-state index in [9.17, 15) is 4.79 Å². The average Bonchev–Trinajstić information content (AvgIpc) is 2.77. The van der Waals surface area contributed by atoms with Crippen LogP contribution in [0.3, 0.4) is 0 Å². The summed E-state index contributed by atoms with van der Waals surface area (Å²) in [5.74, 6) is 0.698. The number of amides is 1. The molecule has 0 N–H and O–H groups in total. The number of hydrogen-bond acceptors (Lipinski definition) is 3. The summed E-state index contributed by atoms with van der Waals surface area (Å²) in [6, 6.07) is 7.47. The van der Waals surface area contributed by atoms with E-state index in [0.29, 0.717) is 12.1 Å². The van der Waals surface area contributed by atoms with Crippen molar-refractivity contribution in [3.63, 3.8) is 0 Å². The van der Waals surface area contributed by atoms with Crippen LogP contribution in [0.15, 0.2) is 33.3 Å². The molecule has 0 saturated heterocycles. The van der Waals surface area contributed by atoms with E-state index in [2.05, 4.69) is 21.1 Å². The first-order chi connectivity index (χ1) is 8.99. The Hall–Kier alpha value is -1.62. The van der Waals surface area contributed by atoms with Gasteiger partial charge in [0, 0.05) is 17.6 Å². The number of carbonyl (C=O) groups excluding carboxylic acids is 1. The summed E-state index contributed by atoms with van der Waals surface area (Å²) in [5.41, 5.74) is 2.44. The molecule has 0 radical (unpaired) electrons. The van der Waals surface area contributed by atoms with Crippen molar-refractivity contribution in [2.45, 2.75) is 20.4 Å². The molecule has 1 heterocycles. The van der Waals surface area contributed by atoms with E-state index in [0.717, 1.165) is 21.5 Å². The van der Waals surface area contributed by atoms with Crippen LogP contribution in [0.5, 0.6) is 0 Å². The maximum Gasteiger partial charge on any atom is 0.255 e. The van der Waals surface area contributed by atoms with Crippen molar-refractivity contribution < 1.29 is 9.32 Å². The number of hydrogen-bond donors (Lipinski definition) is 0. The summed E-state index contributed by atoms with van der Waals surface area (Å²) >= 11 is 3.46. The molecule has 1 aromatic heterocycles. The molecule has 0 unspecified atom stereocenters. The maximum atomic E-state index is 12.4. The van der Waals surface area contributed by atoms with Crippen LogP contribution in [-0.2, 0) is 6.54 Å². The SMILES string of the molecule is Cc1cc(CN(C)C(=O)c2cccc(C)c2Br)no1. The Morgan fingerprint density at radius 2 is 2.16 bits per heavy atom. The molecule has 1 aromatic carbocycles. The second kappa shape index (κ2) is 5.57. The highest BCUT2D eigenvalue weighted by molar-refractivity contribution is 9.10. The number of halogens is 1. The van der Waals surface area contributed by atoms with E-state index in [1.165, 1.54) is 0 Å². The van der Waals surface area contributed by atoms with Gasteiger partial charge in [-0.15, -0.1) is 0 Å². The molecule has 0 aliphatic rings. The molecule has 0 aliphatic heterocycles. The predicted molar refractivity (Wildman–Crippen MR) is 75.9 cm³/mol. The summed E-state index contributed by atoms with van der Waals surface area (Å²) in [4.78, 5) is 14.0. The van der Waals surface area contributed by atoms with Gasteiger partial charge in [-0.2, -0.15) is 0 Å². The van der Waals surface area contributed by atoms with Crippen LogP contribution in [0.25, 0.3) is 0 Å². The number of aromatic nitrogens is 1. The fourth-order valence-corrected chi connectivity index (χ4v) is 2.26. The predicted octanol–water partition coefficient (Wildman–Crippen LogP) is 3.33. The molecule has 0 spiro atoms. The molecule has 4 nitrogen and oxygen atoms in total. The minimum atomic E-state index is -0.0452. The van der Waals surface area contributed by atoms with E-state index in [1.807, 2.05) is 38.1 Å². The van der Waals surface area contributed by atoms with Crippen molar-refractivity contribution >= 4 is 21.8 Å². The summed E-state index contributed by atoms with van der Waals surface area (Å²) < 4.78 is 5.83. The van der Waals surface area contributed by atoms with Gasteiger partial charge in [0.15, 0.2) is 0 Å². The van der Waals surface area contributed by atoms with Gasteiger partial charge in [-0.3, -0.25) is 4.79 Å². The number of rotatable bonds is 3. The molecule has 0 bridgehead atoms. The first-order valence-electron chi connectivity index (χ1n) is 5.92. The minimum Gasteiger partial charge on any atom is -0.361 e. The van der Waals surface area contributed by atoms with Crippen LogP contribution in [0.2, 0.25) is 0 Å². The Bertz CT molecular complexity index is 607. The Morgan fingerprint density at radius 3 is 2.79 bits per heavy atom. The Balaban J connectivity index is 2.17. The molecule has 0 aliphatic carbocycles. The van der Waals surface area contributed by atoms with Gasteiger partial charge in [0.2, 0.25) is 0 Å². The molecule has 0 atom stereocenters. The van der Waals surface area contributed by atoms with Crippen molar-refractivity contribution in [2.24, 2.45) is 0 Å². The van der Waals surface area contributed by atoms with Crippen molar-refractivity contribution in [1.29, 1.82) is 0 Å². The van der Waals surface area contributed by atoms with Crippen molar-refractivity contribution in [3.8, 4) is 0 Å². The highest BCUT2D eigenvalue weighted by atomic mass is 79.9. The van der Waals surface area contributed by atoms with Crippen LogP contribution in [-0.4, -0.2) is 23.0 Å². The minimum absolute atomic E-state index is 0.0452. The fourth-order valence-electron chi connectivity index (χ4n) is 1.83. The monoisotopic (exact) mass is 322 g/mol. The molecule has 1 amide bonds. The second-order valence-electron chi connectivity index (χ2n) is 4.53. The fraction of sp³-hybridized carbons (Fsp3) is 0.286. The van der Waals surface area contributed by atoms with Gasteiger partial charge in [-0.25, -0.2) is 0 Å². The first kappa shape index (κ1) is 13.8. The van der Waals surface area contributed by atoms with Crippen LogP contribution < -0.4 is 0 Å². The number of carbonyl (C=O) groups is 1. The van der Waals surface area contributed by atoms with E-state index in [-0.39, 0.29) is 5.91 Å². The third-order valence-corrected chi connectivity index (χ3v) is 3.90. The van der Waals surface area contributed by atoms with Gasteiger partial charge in [-0.05, 0) is 41.4 Å². The van der Waals surface area contributed by atoms with Crippen molar-refractivity contribution in [2.75, 3.05) is 7.05 Å². The first-order valence-corrected chi connectivity index (χ1v) is 6.71. The third-order valence-electron chi connectivity index (χ3n) is 2.84. The number of aryl methyl sites for hydroxylation is 2. The highest BCUT2D eigenvalue weighted by Gasteiger charge is 2.17. The molecule has 2 rings (SSSR count). The Labute approximate surface area is 120 Å². The van der Waals surface area contributed by atoms with Crippen molar-refractivity contribution in [3.05, 3.63) is 51.3 Å². The van der Waals surface area contributed by atoms with Crippen LogP contribution in [0.1, 0.15) is 27.4 Å². The lowest BCUT2D eigenvalue weighted by Gasteiger charge is -2.17. The van der Waals surface area contributed by atoms with E-state index in [1.54, 1.807) is 11.9 Å². The Kier molecular flexibility index (Phi) is 4.04. The number of nitrogens with zero attached hydrogens (tertiary/aromatic N) is 2. The third kappa shape index (κ3) is 3.04. The second-order valence-corrected chi connectivity index (χ2v) is 5.32. The van der Waals surface area contributed by atoms with Gasteiger partial charge in [-0.1, -0.05) is 17.3 Å². The lowest BCUT2D eigenvalue weighted by Crippen LogP contribution is -2.26. The van der Waals surface area contributed by atoms with Gasteiger partial charge >= 0.3 is 0 Å². The molecule has 2 aromatic rings. The zero-order chi connectivity index (χ0) is 14.0. The molecule has 100 valence electrons. The molecule has 5 heteroatoms. The van der Waals surface area contributed by atoms with Crippen molar-refractivity contribution in [1.82, 2.24) is 10.1 Å². The topological polar surface area (TPSA) is 46.3 Å². The Morgan fingerprint density at radius 1 is 1.42 bits per heavy atom. The molecular formula is C14H15BrN2O2.